The highest BCUT2D eigenvalue weighted by atomic mass is 16.6. The third-order valence-electron chi connectivity index (χ3n) is 4.67. The number of nitrogens with zero attached hydrogens (tertiary/aromatic N) is 1. The minimum Gasteiger partial charge on any atom is -0.389 e. The van der Waals surface area contributed by atoms with E-state index in [0.717, 1.165) is 5.56 Å². The van der Waals surface area contributed by atoms with Crippen molar-refractivity contribution >= 4 is 0 Å². The quantitative estimate of drug-likeness (QED) is 0.662. The predicted molar refractivity (Wildman–Crippen MR) is 85.9 cm³/mol. The van der Waals surface area contributed by atoms with Crippen LogP contribution in [0.4, 0.5) is 0 Å². The first-order valence-corrected chi connectivity index (χ1v) is 7.93. The molecule has 1 aromatic rings. The van der Waals surface area contributed by atoms with E-state index in [1.807, 2.05) is 50.3 Å². The van der Waals surface area contributed by atoms with Crippen LogP contribution in [0.25, 0.3) is 4.85 Å². The van der Waals surface area contributed by atoms with E-state index < -0.39 is 11.6 Å². The molecule has 0 amide bonds. The Morgan fingerprint density at radius 3 is 2.83 bits per heavy atom. The zero-order chi connectivity index (χ0) is 16.4. The average molecular weight is 314 g/mol. The Hall–Kier alpha value is -1.71. The van der Waals surface area contributed by atoms with Crippen LogP contribution in [0.3, 0.4) is 0 Å². The van der Waals surface area contributed by atoms with Crippen LogP contribution in [-0.4, -0.2) is 29.0 Å². The van der Waals surface area contributed by atoms with Gasteiger partial charge in [-0.15, -0.1) is 0 Å². The SMILES string of the molecule is [C-]#[N+]C1=CC(C)[C@H]2O[C@@H](C)CC1(NOCc1ccccc1)C2O. The largest absolute Gasteiger partial charge is 0.389 e. The molecule has 122 valence electrons. The molecule has 0 spiro atoms. The molecule has 0 radical (unpaired) electrons. The maximum absolute atomic E-state index is 10.8. The van der Waals surface area contributed by atoms with Gasteiger partial charge in [0.05, 0.1) is 31.5 Å². The molecule has 2 N–H and O–H groups in total. The van der Waals surface area contributed by atoms with Crippen LogP contribution in [0, 0.1) is 12.5 Å². The van der Waals surface area contributed by atoms with Gasteiger partial charge in [0.25, 0.3) is 0 Å². The van der Waals surface area contributed by atoms with E-state index in [9.17, 15) is 5.11 Å². The topological polar surface area (TPSA) is 55.1 Å². The Labute approximate surface area is 136 Å². The van der Waals surface area contributed by atoms with Gasteiger partial charge < -0.3 is 9.84 Å². The number of fused-ring (bicyclic) bond motifs is 2. The summed E-state index contributed by atoms with van der Waals surface area (Å²) in [7, 11) is 0. The minimum atomic E-state index is -0.897. The summed E-state index contributed by atoms with van der Waals surface area (Å²) in [5, 5.41) is 10.8. The van der Waals surface area contributed by atoms with Crippen molar-refractivity contribution in [2.45, 2.75) is 50.7 Å². The normalized spacial score (nSPS) is 36.2. The first kappa shape index (κ1) is 16.2. The van der Waals surface area contributed by atoms with Crippen molar-refractivity contribution in [2.24, 2.45) is 5.92 Å². The van der Waals surface area contributed by atoms with E-state index in [1.54, 1.807) is 0 Å². The van der Waals surface area contributed by atoms with Crippen molar-refractivity contribution in [3.8, 4) is 0 Å². The van der Waals surface area contributed by atoms with Crippen LogP contribution in [0.1, 0.15) is 25.8 Å². The lowest BCUT2D eigenvalue weighted by Gasteiger charge is -2.51. The molecule has 1 saturated heterocycles. The Balaban J connectivity index is 1.81. The molecule has 2 aliphatic rings. The van der Waals surface area contributed by atoms with Gasteiger partial charge in [0.2, 0.25) is 0 Å². The lowest BCUT2D eigenvalue weighted by Crippen LogP contribution is -2.67. The standard InChI is InChI=1S/C18H22N2O3/c1-12-9-15(19-3)18(10-13(2)23-16(12)17(18)21)20-22-11-14-7-5-4-6-8-14/h4-9,12-13,16-17,20-21H,10-11H2,1-2H3/t12?,13-,16+,17?,18?/m0/s1. The van der Waals surface area contributed by atoms with Crippen molar-refractivity contribution < 1.29 is 14.7 Å². The van der Waals surface area contributed by atoms with Gasteiger partial charge in [-0.05, 0) is 24.8 Å². The monoisotopic (exact) mass is 314 g/mol. The van der Waals surface area contributed by atoms with Gasteiger partial charge in [-0.2, -0.15) is 5.48 Å². The molecule has 0 saturated carbocycles. The van der Waals surface area contributed by atoms with Gasteiger partial charge in [0.15, 0.2) is 5.70 Å². The van der Waals surface area contributed by atoms with Gasteiger partial charge in [0.1, 0.15) is 5.54 Å². The van der Waals surface area contributed by atoms with Crippen molar-refractivity contribution in [1.82, 2.24) is 5.48 Å². The molecule has 1 aliphatic heterocycles. The molecule has 5 nitrogen and oxygen atoms in total. The smallest absolute Gasteiger partial charge is 0.186 e. The summed E-state index contributed by atoms with van der Waals surface area (Å²) < 4.78 is 5.87. The summed E-state index contributed by atoms with van der Waals surface area (Å²) in [5.41, 5.74) is 3.65. The van der Waals surface area contributed by atoms with E-state index in [-0.39, 0.29) is 18.1 Å². The number of nitrogens with one attached hydrogen (secondary N) is 1. The highest BCUT2D eigenvalue weighted by Crippen LogP contribution is 2.43. The number of aliphatic hydroxyl groups is 1. The van der Waals surface area contributed by atoms with E-state index >= 15 is 0 Å². The van der Waals surface area contributed by atoms with Gasteiger partial charge in [-0.3, -0.25) is 4.84 Å². The van der Waals surface area contributed by atoms with Crippen molar-refractivity contribution in [2.75, 3.05) is 0 Å². The van der Waals surface area contributed by atoms with Crippen molar-refractivity contribution in [1.29, 1.82) is 0 Å². The number of benzene rings is 1. The summed E-state index contributed by atoms with van der Waals surface area (Å²) in [6, 6.07) is 9.79. The molecule has 5 atom stereocenters. The number of hydroxylamine groups is 1. The predicted octanol–water partition coefficient (Wildman–Crippen LogP) is 2.44. The van der Waals surface area contributed by atoms with Crippen LogP contribution >= 0.6 is 0 Å². The molecule has 2 bridgehead atoms. The Bertz CT molecular complexity index is 625. The van der Waals surface area contributed by atoms with Gasteiger partial charge >= 0.3 is 0 Å². The second-order valence-electron chi connectivity index (χ2n) is 6.43. The van der Waals surface area contributed by atoms with Crippen molar-refractivity contribution in [3.05, 3.63) is 59.1 Å². The molecule has 1 aromatic carbocycles. The molecule has 1 heterocycles. The fourth-order valence-electron chi connectivity index (χ4n) is 3.52. The molecular weight excluding hydrogens is 292 g/mol. The number of aliphatic hydroxyl groups excluding tert-OH is 1. The first-order valence-electron chi connectivity index (χ1n) is 7.93. The van der Waals surface area contributed by atoms with E-state index in [2.05, 4.69) is 10.3 Å². The minimum absolute atomic E-state index is 0.000832. The van der Waals surface area contributed by atoms with Gasteiger partial charge in [-0.1, -0.05) is 43.3 Å². The molecular formula is C18H22N2O3. The molecule has 3 unspecified atom stereocenters. The van der Waals surface area contributed by atoms with Crippen LogP contribution < -0.4 is 5.48 Å². The number of rotatable bonds is 4. The summed E-state index contributed by atoms with van der Waals surface area (Å²) >= 11 is 0. The second kappa shape index (κ2) is 6.42. The fourth-order valence-corrected chi connectivity index (χ4v) is 3.52. The number of hydrogen-bond donors (Lipinski definition) is 2. The number of ether oxygens (including phenoxy) is 1. The third-order valence-corrected chi connectivity index (χ3v) is 4.67. The molecule has 0 aromatic heterocycles. The van der Waals surface area contributed by atoms with Crippen LogP contribution in [0.2, 0.25) is 0 Å². The maximum Gasteiger partial charge on any atom is 0.186 e. The molecule has 3 rings (SSSR count). The van der Waals surface area contributed by atoms with Gasteiger partial charge in [-0.25, -0.2) is 4.85 Å². The first-order chi connectivity index (χ1) is 11.1. The molecule has 1 aliphatic carbocycles. The highest BCUT2D eigenvalue weighted by molar-refractivity contribution is 5.35. The lowest BCUT2D eigenvalue weighted by molar-refractivity contribution is -0.195. The zero-order valence-corrected chi connectivity index (χ0v) is 13.4. The highest BCUT2D eigenvalue weighted by Gasteiger charge is 2.55. The summed E-state index contributed by atoms with van der Waals surface area (Å²) in [4.78, 5) is 9.33. The Morgan fingerprint density at radius 1 is 1.39 bits per heavy atom. The Morgan fingerprint density at radius 2 is 2.13 bits per heavy atom. The zero-order valence-electron chi connectivity index (χ0n) is 13.4. The van der Waals surface area contributed by atoms with Gasteiger partial charge in [0, 0.05) is 0 Å². The molecule has 5 heteroatoms. The van der Waals surface area contributed by atoms with Crippen LogP contribution in [-0.2, 0) is 16.2 Å². The fraction of sp³-hybridized carbons (Fsp3) is 0.500. The average Bonchev–Trinajstić information content (AvgIpc) is 2.54. The Kier molecular flexibility index (Phi) is 4.51. The lowest BCUT2D eigenvalue weighted by atomic mass is 9.71. The van der Waals surface area contributed by atoms with E-state index in [4.69, 9.17) is 16.1 Å². The summed E-state index contributed by atoms with van der Waals surface area (Å²) in [6.07, 6.45) is 1.20. The number of hydrogen-bond acceptors (Lipinski definition) is 4. The molecule has 1 fully saturated rings. The molecule has 23 heavy (non-hydrogen) atoms. The van der Waals surface area contributed by atoms with E-state index in [1.165, 1.54) is 0 Å². The van der Waals surface area contributed by atoms with Crippen LogP contribution in [0.15, 0.2) is 42.1 Å². The van der Waals surface area contributed by atoms with E-state index in [0.29, 0.717) is 18.7 Å². The summed E-state index contributed by atoms with van der Waals surface area (Å²) in [5.74, 6) is 0.000832. The third kappa shape index (κ3) is 2.91. The summed E-state index contributed by atoms with van der Waals surface area (Å²) in [6.45, 7) is 11.8. The van der Waals surface area contributed by atoms with Crippen LogP contribution in [0.5, 0.6) is 0 Å². The second-order valence-corrected chi connectivity index (χ2v) is 6.43. The van der Waals surface area contributed by atoms with Crippen molar-refractivity contribution in [3.63, 3.8) is 0 Å². The maximum atomic E-state index is 10.8.